The lowest BCUT2D eigenvalue weighted by molar-refractivity contribution is 0.169. The molecule has 3 heterocycles. The van der Waals surface area contributed by atoms with Crippen molar-refractivity contribution in [3.8, 4) is 11.5 Å². The Kier molecular flexibility index (Phi) is 5.23. The maximum absolute atomic E-state index is 5.50. The molecule has 156 valence electrons. The zero-order valence-electron chi connectivity index (χ0n) is 17.1. The minimum atomic E-state index is 0.201. The molecule has 1 atom stereocenters. The summed E-state index contributed by atoms with van der Waals surface area (Å²) in [5.41, 5.74) is 2.38. The van der Waals surface area contributed by atoms with Gasteiger partial charge in [0.25, 0.3) is 0 Å². The summed E-state index contributed by atoms with van der Waals surface area (Å²) < 4.78 is 12.8. The maximum Gasteiger partial charge on any atom is 0.231 e. The Hall–Kier alpha value is -3.13. The second-order valence-electron chi connectivity index (χ2n) is 7.66. The number of tetrazole rings is 1. The van der Waals surface area contributed by atoms with Crippen molar-refractivity contribution in [3.05, 3.63) is 59.9 Å². The number of aromatic nitrogens is 4. The van der Waals surface area contributed by atoms with Crippen molar-refractivity contribution in [2.45, 2.75) is 25.9 Å². The van der Waals surface area contributed by atoms with Crippen molar-refractivity contribution >= 4 is 5.69 Å². The van der Waals surface area contributed by atoms with Gasteiger partial charge < -0.3 is 14.4 Å². The molecule has 0 unspecified atom stereocenters. The molecule has 30 heavy (non-hydrogen) atoms. The first-order valence-electron chi connectivity index (χ1n) is 10.5. The van der Waals surface area contributed by atoms with Gasteiger partial charge in [0.2, 0.25) is 6.79 Å². The Labute approximate surface area is 176 Å². The predicted octanol–water partition coefficient (Wildman–Crippen LogP) is 2.72. The van der Waals surface area contributed by atoms with Crippen LogP contribution in [0.15, 0.2) is 48.5 Å². The van der Waals surface area contributed by atoms with Gasteiger partial charge in [0, 0.05) is 31.9 Å². The molecule has 0 amide bonds. The average Bonchev–Trinajstić information content (AvgIpc) is 3.45. The van der Waals surface area contributed by atoms with Gasteiger partial charge in [-0.15, -0.1) is 5.10 Å². The van der Waals surface area contributed by atoms with E-state index in [4.69, 9.17) is 9.47 Å². The third-order valence-corrected chi connectivity index (χ3v) is 5.89. The fourth-order valence-corrected chi connectivity index (χ4v) is 4.31. The zero-order chi connectivity index (χ0) is 20.3. The number of hydrogen-bond donors (Lipinski definition) is 0. The highest BCUT2D eigenvalue weighted by Crippen LogP contribution is 2.33. The van der Waals surface area contributed by atoms with E-state index in [2.05, 4.69) is 62.6 Å². The molecule has 2 aliphatic rings. The quantitative estimate of drug-likeness (QED) is 0.623. The molecule has 8 nitrogen and oxygen atoms in total. The van der Waals surface area contributed by atoms with Crippen molar-refractivity contribution < 1.29 is 9.47 Å². The number of para-hydroxylation sites is 1. The molecule has 1 saturated heterocycles. The summed E-state index contributed by atoms with van der Waals surface area (Å²) in [5.74, 6) is 2.49. The summed E-state index contributed by atoms with van der Waals surface area (Å²) in [6, 6.07) is 16.8. The van der Waals surface area contributed by atoms with Crippen molar-refractivity contribution in [1.29, 1.82) is 0 Å². The summed E-state index contributed by atoms with van der Waals surface area (Å²) in [7, 11) is 0. The second-order valence-corrected chi connectivity index (χ2v) is 7.66. The topological polar surface area (TPSA) is 68.5 Å². The van der Waals surface area contributed by atoms with Crippen molar-refractivity contribution in [2.75, 3.05) is 37.9 Å². The third kappa shape index (κ3) is 3.70. The maximum atomic E-state index is 5.50. The number of piperazine rings is 1. The largest absolute Gasteiger partial charge is 0.454 e. The molecular weight excluding hydrogens is 380 g/mol. The van der Waals surface area contributed by atoms with E-state index in [-0.39, 0.29) is 12.8 Å². The van der Waals surface area contributed by atoms with Gasteiger partial charge >= 0.3 is 0 Å². The fourth-order valence-electron chi connectivity index (χ4n) is 4.31. The lowest BCUT2D eigenvalue weighted by Gasteiger charge is -2.39. The molecule has 2 aromatic carbocycles. The summed E-state index contributed by atoms with van der Waals surface area (Å²) in [6.07, 6.45) is 0.965. The number of anilines is 1. The van der Waals surface area contributed by atoms with Gasteiger partial charge in [-0.25, -0.2) is 4.68 Å². The van der Waals surface area contributed by atoms with E-state index in [1.54, 1.807) is 0 Å². The van der Waals surface area contributed by atoms with Crippen molar-refractivity contribution in [3.63, 3.8) is 0 Å². The van der Waals surface area contributed by atoms with Crippen LogP contribution in [0.3, 0.4) is 0 Å². The number of hydrogen-bond acceptors (Lipinski definition) is 7. The molecular formula is C22H26N6O2. The zero-order valence-corrected chi connectivity index (χ0v) is 17.1. The van der Waals surface area contributed by atoms with Gasteiger partial charge in [0.1, 0.15) is 0 Å². The molecule has 5 rings (SSSR count). The van der Waals surface area contributed by atoms with Gasteiger partial charge in [0.05, 0.1) is 12.6 Å². The molecule has 0 saturated carbocycles. The van der Waals surface area contributed by atoms with Crippen molar-refractivity contribution in [2.24, 2.45) is 0 Å². The molecule has 0 radical (unpaired) electrons. The molecule has 0 N–H and O–H groups in total. The van der Waals surface area contributed by atoms with Crippen LogP contribution in [0, 0.1) is 0 Å². The average molecular weight is 406 g/mol. The van der Waals surface area contributed by atoms with Gasteiger partial charge in [-0.3, -0.25) is 4.90 Å². The minimum Gasteiger partial charge on any atom is -0.454 e. The fraction of sp³-hybridized carbons (Fsp3) is 0.409. The van der Waals surface area contributed by atoms with E-state index in [0.29, 0.717) is 6.54 Å². The Bertz CT molecular complexity index is 984. The Balaban J connectivity index is 1.29. The molecule has 3 aromatic rings. The van der Waals surface area contributed by atoms with E-state index in [1.165, 1.54) is 5.69 Å². The van der Waals surface area contributed by atoms with Gasteiger partial charge in [0.15, 0.2) is 17.3 Å². The Morgan fingerprint density at radius 2 is 1.77 bits per heavy atom. The summed E-state index contributed by atoms with van der Waals surface area (Å²) in [4.78, 5) is 4.94. The van der Waals surface area contributed by atoms with Crippen molar-refractivity contribution in [1.82, 2.24) is 25.1 Å². The van der Waals surface area contributed by atoms with Gasteiger partial charge in [-0.2, -0.15) is 0 Å². The number of benzene rings is 2. The molecule has 0 spiro atoms. The molecule has 2 aliphatic heterocycles. The van der Waals surface area contributed by atoms with E-state index in [9.17, 15) is 0 Å². The summed E-state index contributed by atoms with van der Waals surface area (Å²) in [6.45, 7) is 7.08. The Morgan fingerprint density at radius 1 is 0.967 bits per heavy atom. The predicted molar refractivity (Wildman–Crippen MR) is 113 cm³/mol. The molecule has 8 heteroatoms. The molecule has 0 bridgehead atoms. The standard InChI is InChI=1S/C22H26N6O2/c1-2-19(27-12-10-26(11-13-27)18-6-4-3-5-7-18)22-23-24-25-28(22)15-17-8-9-20-21(14-17)30-16-29-20/h3-9,14,19H,2,10-13,15-16H2,1H3/t19-/m0/s1. The van der Waals surface area contributed by atoms with Crippen LogP contribution in [-0.2, 0) is 6.54 Å². The summed E-state index contributed by atoms with van der Waals surface area (Å²) >= 11 is 0. The van der Waals surface area contributed by atoms with Crippen LogP contribution in [0.25, 0.3) is 0 Å². The highest BCUT2D eigenvalue weighted by atomic mass is 16.7. The van der Waals surface area contributed by atoms with Crippen LogP contribution in [0.4, 0.5) is 5.69 Å². The van der Waals surface area contributed by atoms with E-state index < -0.39 is 0 Å². The SMILES string of the molecule is CC[C@@H](c1nnnn1Cc1ccc2c(c1)OCO2)N1CCN(c2ccccc2)CC1. The highest BCUT2D eigenvalue weighted by molar-refractivity contribution is 5.46. The van der Waals surface area contributed by atoms with Crippen LogP contribution >= 0.6 is 0 Å². The number of fused-ring (bicyclic) bond motifs is 1. The van der Waals surface area contributed by atoms with Crippen LogP contribution in [0.2, 0.25) is 0 Å². The van der Waals surface area contributed by atoms with E-state index in [0.717, 1.165) is 55.5 Å². The third-order valence-electron chi connectivity index (χ3n) is 5.89. The van der Waals surface area contributed by atoms with Gasteiger partial charge in [-0.1, -0.05) is 31.2 Å². The lowest BCUT2D eigenvalue weighted by Crippen LogP contribution is -2.48. The number of nitrogens with zero attached hydrogens (tertiary/aromatic N) is 6. The summed E-state index contributed by atoms with van der Waals surface area (Å²) in [5, 5.41) is 12.7. The molecule has 1 aromatic heterocycles. The normalized spacial score (nSPS) is 17.3. The van der Waals surface area contributed by atoms with Crippen LogP contribution in [0.5, 0.6) is 11.5 Å². The second kappa shape index (κ2) is 8.31. The monoisotopic (exact) mass is 406 g/mol. The smallest absolute Gasteiger partial charge is 0.231 e. The van der Waals surface area contributed by atoms with E-state index >= 15 is 0 Å². The first kappa shape index (κ1) is 18.9. The lowest BCUT2D eigenvalue weighted by atomic mass is 10.1. The highest BCUT2D eigenvalue weighted by Gasteiger charge is 2.28. The van der Waals surface area contributed by atoms with E-state index in [1.807, 2.05) is 22.9 Å². The molecule has 0 aliphatic carbocycles. The molecule has 1 fully saturated rings. The number of rotatable bonds is 6. The van der Waals surface area contributed by atoms with Crippen LogP contribution in [-0.4, -0.2) is 58.1 Å². The van der Waals surface area contributed by atoms with Crippen LogP contribution in [0.1, 0.15) is 30.8 Å². The number of ether oxygens (including phenoxy) is 2. The van der Waals surface area contributed by atoms with Crippen LogP contribution < -0.4 is 14.4 Å². The minimum absolute atomic E-state index is 0.201. The first-order valence-corrected chi connectivity index (χ1v) is 10.5. The van der Waals surface area contributed by atoms with Gasteiger partial charge in [-0.05, 0) is 46.7 Å². The first-order chi connectivity index (χ1) is 14.8. The Morgan fingerprint density at radius 3 is 2.57 bits per heavy atom.